The summed E-state index contributed by atoms with van der Waals surface area (Å²) in [5.41, 5.74) is 2.40. The summed E-state index contributed by atoms with van der Waals surface area (Å²) in [6.45, 7) is 0.553. The molecule has 0 atom stereocenters. The third-order valence-corrected chi connectivity index (χ3v) is 5.53. The highest BCUT2D eigenvalue weighted by atomic mass is 32.2. The molecule has 0 aliphatic heterocycles. The van der Waals surface area contributed by atoms with Crippen LogP contribution in [0, 0.1) is 5.82 Å². The quantitative estimate of drug-likeness (QED) is 0.595. The Morgan fingerprint density at radius 2 is 2.12 bits per heavy atom. The molecule has 1 aromatic carbocycles. The van der Waals surface area contributed by atoms with Crippen LogP contribution in [0.5, 0.6) is 0 Å². The predicted molar refractivity (Wildman–Crippen MR) is 105 cm³/mol. The van der Waals surface area contributed by atoms with Crippen LogP contribution in [-0.2, 0) is 17.0 Å². The van der Waals surface area contributed by atoms with Crippen molar-refractivity contribution in [2.24, 2.45) is 0 Å². The zero-order chi connectivity index (χ0) is 18.2. The third-order valence-electron chi connectivity index (χ3n) is 3.59. The van der Waals surface area contributed by atoms with E-state index in [1.807, 2.05) is 23.6 Å². The number of amides is 1. The van der Waals surface area contributed by atoms with Gasteiger partial charge in [0.05, 0.1) is 12.1 Å². The van der Waals surface area contributed by atoms with Crippen LogP contribution in [0.1, 0.15) is 11.3 Å². The first-order valence-electron chi connectivity index (χ1n) is 8.15. The summed E-state index contributed by atoms with van der Waals surface area (Å²) in [7, 11) is 0. The van der Waals surface area contributed by atoms with Crippen LogP contribution in [0.25, 0.3) is 10.6 Å². The Morgan fingerprint density at radius 3 is 2.92 bits per heavy atom. The molecule has 0 unspecified atom stereocenters. The fourth-order valence-electron chi connectivity index (χ4n) is 2.30. The van der Waals surface area contributed by atoms with E-state index in [0.29, 0.717) is 17.9 Å². The maximum atomic E-state index is 13.5. The predicted octanol–water partition coefficient (Wildman–Crippen LogP) is 3.94. The van der Waals surface area contributed by atoms with Gasteiger partial charge in [0.1, 0.15) is 10.8 Å². The van der Waals surface area contributed by atoms with E-state index in [1.54, 1.807) is 36.3 Å². The summed E-state index contributed by atoms with van der Waals surface area (Å²) in [5.74, 6) is 1.10. The van der Waals surface area contributed by atoms with Crippen molar-refractivity contribution in [3.8, 4) is 10.6 Å². The molecule has 26 heavy (non-hydrogen) atoms. The second-order valence-electron chi connectivity index (χ2n) is 5.56. The summed E-state index contributed by atoms with van der Waals surface area (Å²) in [5, 5.41) is 5.64. The molecule has 0 fully saturated rings. The van der Waals surface area contributed by atoms with Gasteiger partial charge in [-0.3, -0.25) is 9.78 Å². The Hall–Kier alpha value is -2.25. The Labute approximate surface area is 159 Å². The van der Waals surface area contributed by atoms with Gasteiger partial charge in [0, 0.05) is 41.4 Å². The Bertz CT molecular complexity index is 855. The Kier molecular flexibility index (Phi) is 6.74. The van der Waals surface area contributed by atoms with Gasteiger partial charge in [0.2, 0.25) is 5.91 Å². The third kappa shape index (κ3) is 5.37. The highest BCUT2D eigenvalue weighted by molar-refractivity contribution is 7.98. The first-order chi connectivity index (χ1) is 12.7. The number of hydrogen-bond donors (Lipinski definition) is 1. The molecule has 0 bridgehead atoms. The molecule has 0 saturated heterocycles. The van der Waals surface area contributed by atoms with Crippen LogP contribution in [0.15, 0.2) is 54.2 Å². The van der Waals surface area contributed by atoms with Crippen LogP contribution in [0.4, 0.5) is 4.39 Å². The molecule has 0 radical (unpaired) electrons. The number of hydrogen-bond acceptors (Lipinski definition) is 5. The van der Waals surface area contributed by atoms with Gasteiger partial charge in [-0.25, -0.2) is 9.37 Å². The average Bonchev–Trinajstić information content (AvgIpc) is 3.12. The lowest BCUT2D eigenvalue weighted by molar-refractivity contribution is -0.120. The molecule has 7 heteroatoms. The number of benzene rings is 1. The van der Waals surface area contributed by atoms with E-state index >= 15 is 0 Å². The van der Waals surface area contributed by atoms with Crippen LogP contribution in [0.3, 0.4) is 0 Å². The standard InChI is InChI=1S/C19H18FN3OS2/c20-17-6-2-1-4-15(17)12-25-9-8-22-18(24)10-16-13-26-19(23-16)14-5-3-7-21-11-14/h1-7,11,13H,8-10,12H2,(H,22,24). The molecule has 1 N–H and O–H groups in total. The zero-order valence-electron chi connectivity index (χ0n) is 14.0. The maximum absolute atomic E-state index is 13.5. The average molecular weight is 388 g/mol. The van der Waals surface area contributed by atoms with E-state index in [9.17, 15) is 9.18 Å². The van der Waals surface area contributed by atoms with Gasteiger partial charge < -0.3 is 5.32 Å². The summed E-state index contributed by atoms with van der Waals surface area (Å²) in [4.78, 5) is 20.6. The largest absolute Gasteiger partial charge is 0.355 e. The van der Waals surface area contributed by atoms with E-state index in [1.165, 1.54) is 17.4 Å². The van der Waals surface area contributed by atoms with E-state index in [-0.39, 0.29) is 18.1 Å². The van der Waals surface area contributed by atoms with Crippen LogP contribution < -0.4 is 5.32 Å². The monoisotopic (exact) mass is 387 g/mol. The molecule has 1 amide bonds. The van der Waals surface area contributed by atoms with Crippen molar-refractivity contribution in [2.45, 2.75) is 12.2 Å². The first kappa shape index (κ1) is 18.5. The molecule has 2 heterocycles. The smallest absolute Gasteiger partial charge is 0.226 e. The van der Waals surface area contributed by atoms with Gasteiger partial charge >= 0.3 is 0 Å². The molecular formula is C19H18FN3OS2. The van der Waals surface area contributed by atoms with Crippen LogP contribution >= 0.6 is 23.1 Å². The van der Waals surface area contributed by atoms with E-state index in [0.717, 1.165) is 22.0 Å². The van der Waals surface area contributed by atoms with Crippen molar-refractivity contribution in [3.63, 3.8) is 0 Å². The summed E-state index contributed by atoms with van der Waals surface area (Å²) in [6.07, 6.45) is 3.74. The minimum Gasteiger partial charge on any atom is -0.355 e. The second kappa shape index (κ2) is 9.45. The van der Waals surface area contributed by atoms with Crippen molar-refractivity contribution in [1.82, 2.24) is 15.3 Å². The lowest BCUT2D eigenvalue weighted by atomic mass is 10.2. The topological polar surface area (TPSA) is 54.9 Å². The number of carbonyl (C=O) groups excluding carboxylic acids is 1. The lowest BCUT2D eigenvalue weighted by Gasteiger charge is -2.05. The Morgan fingerprint density at radius 1 is 1.23 bits per heavy atom. The molecule has 3 rings (SSSR count). The second-order valence-corrected chi connectivity index (χ2v) is 7.52. The number of nitrogens with zero attached hydrogens (tertiary/aromatic N) is 2. The van der Waals surface area contributed by atoms with Gasteiger partial charge in [-0.1, -0.05) is 18.2 Å². The number of thiazole rings is 1. The summed E-state index contributed by atoms with van der Waals surface area (Å²) >= 11 is 3.10. The molecule has 0 spiro atoms. The van der Waals surface area contributed by atoms with E-state index < -0.39 is 0 Å². The van der Waals surface area contributed by atoms with Crippen molar-refractivity contribution >= 4 is 29.0 Å². The zero-order valence-corrected chi connectivity index (χ0v) is 15.7. The number of pyridine rings is 1. The van der Waals surface area contributed by atoms with Gasteiger partial charge in [0.25, 0.3) is 0 Å². The highest BCUT2D eigenvalue weighted by Crippen LogP contribution is 2.22. The minimum absolute atomic E-state index is 0.0560. The SMILES string of the molecule is O=C(Cc1csc(-c2cccnc2)n1)NCCSCc1ccccc1F. The fourth-order valence-corrected chi connectivity index (χ4v) is 3.95. The molecular weight excluding hydrogens is 369 g/mol. The molecule has 2 aromatic heterocycles. The molecule has 0 saturated carbocycles. The van der Waals surface area contributed by atoms with Gasteiger partial charge in [0.15, 0.2) is 0 Å². The van der Waals surface area contributed by atoms with Crippen LogP contribution in [-0.4, -0.2) is 28.2 Å². The van der Waals surface area contributed by atoms with Gasteiger partial charge in [-0.15, -0.1) is 11.3 Å². The molecule has 134 valence electrons. The van der Waals surface area contributed by atoms with Gasteiger partial charge in [-0.2, -0.15) is 11.8 Å². The lowest BCUT2D eigenvalue weighted by Crippen LogP contribution is -2.27. The normalized spacial score (nSPS) is 10.7. The molecule has 4 nitrogen and oxygen atoms in total. The molecule has 0 aliphatic rings. The molecule has 3 aromatic rings. The summed E-state index contributed by atoms with van der Waals surface area (Å²) in [6, 6.07) is 10.6. The van der Waals surface area contributed by atoms with Gasteiger partial charge in [-0.05, 0) is 23.8 Å². The Balaban J connectivity index is 1.38. The fraction of sp³-hybridized carbons (Fsp3) is 0.211. The number of nitrogens with one attached hydrogen (secondary N) is 1. The summed E-state index contributed by atoms with van der Waals surface area (Å²) < 4.78 is 13.5. The number of thioether (sulfide) groups is 1. The number of rotatable bonds is 8. The number of carbonyl (C=O) groups is 1. The van der Waals surface area contributed by atoms with Crippen molar-refractivity contribution in [3.05, 3.63) is 71.2 Å². The highest BCUT2D eigenvalue weighted by Gasteiger charge is 2.09. The van der Waals surface area contributed by atoms with Crippen molar-refractivity contribution < 1.29 is 9.18 Å². The van der Waals surface area contributed by atoms with Crippen LogP contribution in [0.2, 0.25) is 0 Å². The molecule has 0 aliphatic carbocycles. The minimum atomic E-state index is -0.183. The number of halogens is 1. The van der Waals surface area contributed by atoms with E-state index in [4.69, 9.17) is 0 Å². The number of aromatic nitrogens is 2. The van der Waals surface area contributed by atoms with Crippen molar-refractivity contribution in [2.75, 3.05) is 12.3 Å². The maximum Gasteiger partial charge on any atom is 0.226 e. The van der Waals surface area contributed by atoms with E-state index in [2.05, 4.69) is 15.3 Å². The van der Waals surface area contributed by atoms with Crippen molar-refractivity contribution in [1.29, 1.82) is 0 Å². The first-order valence-corrected chi connectivity index (χ1v) is 10.2.